The molecule has 3 N–H and O–H groups in total. The van der Waals surface area contributed by atoms with Gasteiger partial charge in [0, 0.05) is 6.04 Å². The van der Waals surface area contributed by atoms with Gasteiger partial charge in [0.15, 0.2) is 0 Å². The average molecular weight is 252 g/mol. The number of hydrogen-bond donors (Lipinski definition) is 2. The van der Waals surface area contributed by atoms with Crippen molar-refractivity contribution in [3.63, 3.8) is 0 Å². The van der Waals surface area contributed by atoms with E-state index in [1.54, 1.807) is 0 Å². The third-order valence-corrected chi connectivity index (χ3v) is 5.07. The molecule has 2 saturated carbocycles. The minimum Gasteiger partial charge on any atom is -0.368 e. The van der Waals surface area contributed by atoms with Crippen LogP contribution in [0.1, 0.15) is 71.1 Å². The third-order valence-electron chi connectivity index (χ3n) is 5.07. The summed E-state index contributed by atoms with van der Waals surface area (Å²) in [7, 11) is 0. The van der Waals surface area contributed by atoms with Gasteiger partial charge in [-0.3, -0.25) is 4.79 Å². The van der Waals surface area contributed by atoms with E-state index >= 15 is 0 Å². The van der Waals surface area contributed by atoms with Crippen LogP contribution in [0.5, 0.6) is 0 Å². The summed E-state index contributed by atoms with van der Waals surface area (Å²) in [6, 6.07) is 0.512. The lowest BCUT2D eigenvalue weighted by Crippen LogP contribution is -2.64. The molecule has 0 spiro atoms. The first-order valence-electron chi connectivity index (χ1n) is 7.76. The van der Waals surface area contributed by atoms with Gasteiger partial charge in [0.2, 0.25) is 5.91 Å². The molecule has 0 aliphatic heterocycles. The Kier molecular flexibility index (Phi) is 4.66. The monoisotopic (exact) mass is 252 g/mol. The van der Waals surface area contributed by atoms with Crippen LogP contribution in [-0.2, 0) is 4.79 Å². The largest absolute Gasteiger partial charge is 0.368 e. The van der Waals surface area contributed by atoms with E-state index in [2.05, 4.69) is 12.2 Å². The summed E-state index contributed by atoms with van der Waals surface area (Å²) < 4.78 is 0. The van der Waals surface area contributed by atoms with Gasteiger partial charge in [-0.2, -0.15) is 0 Å². The second-order valence-electron chi connectivity index (χ2n) is 6.17. The first-order chi connectivity index (χ1) is 8.69. The topological polar surface area (TPSA) is 55.1 Å². The molecule has 18 heavy (non-hydrogen) atoms. The van der Waals surface area contributed by atoms with Gasteiger partial charge in [0.1, 0.15) is 5.54 Å². The van der Waals surface area contributed by atoms with Crippen LogP contribution < -0.4 is 11.1 Å². The molecule has 2 aliphatic carbocycles. The lowest BCUT2D eigenvalue weighted by Gasteiger charge is -2.45. The highest BCUT2D eigenvalue weighted by molar-refractivity contribution is 5.85. The van der Waals surface area contributed by atoms with E-state index in [-0.39, 0.29) is 5.91 Å². The van der Waals surface area contributed by atoms with Crippen molar-refractivity contribution in [1.29, 1.82) is 0 Å². The van der Waals surface area contributed by atoms with Crippen molar-refractivity contribution in [3.05, 3.63) is 0 Å². The molecule has 0 bridgehead atoms. The fourth-order valence-electron chi connectivity index (χ4n) is 3.99. The highest BCUT2D eigenvalue weighted by atomic mass is 16.1. The van der Waals surface area contributed by atoms with E-state index in [1.165, 1.54) is 38.5 Å². The smallest absolute Gasteiger partial charge is 0.238 e. The molecule has 0 saturated heterocycles. The molecule has 0 aromatic rings. The highest BCUT2D eigenvalue weighted by Gasteiger charge is 2.45. The Labute approximate surface area is 111 Å². The maximum absolute atomic E-state index is 12.1. The summed E-state index contributed by atoms with van der Waals surface area (Å²) in [6.07, 6.45) is 11.9. The Balaban J connectivity index is 2.11. The van der Waals surface area contributed by atoms with Crippen molar-refractivity contribution in [1.82, 2.24) is 5.32 Å². The zero-order chi connectivity index (χ0) is 13.0. The number of rotatable bonds is 4. The van der Waals surface area contributed by atoms with Crippen molar-refractivity contribution >= 4 is 5.91 Å². The van der Waals surface area contributed by atoms with Crippen LogP contribution in [0.3, 0.4) is 0 Å². The minimum absolute atomic E-state index is 0.111. The van der Waals surface area contributed by atoms with Crippen molar-refractivity contribution in [3.8, 4) is 0 Å². The highest BCUT2D eigenvalue weighted by Crippen LogP contribution is 2.37. The van der Waals surface area contributed by atoms with Gasteiger partial charge in [0.05, 0.1) is 0 Å². The van der Waals surface area contributed by atoms with E-state index < -0.39 is 5.54 Å². The van der Waals surface area contributed by atoms with Gasteiger partial charge >= 0.3 is 0 Å². The summed E-state index contributed by atoms with van der Waals surface area (Å²) in [6.45, 7) is 2.19. The minimum atomic E-state index is -0.408. The van der Waals surface area contributed by atoms with Crippen LogP contribution in [0, 0.1) is 5.92 Å². The number of primary amides is 1. The number of carbonyl (C=O) groups is 1. The van der Waals surface area contributed by atoms with Gasteiger partial charge in [-0.15, -0.1) is 0 Å². The number of nitrogens with two attached hydrogens (primary N) is 1. The molecule has 3 nitrogen and oxygen atoms in total. The zero-order valence-corrected chi connectivity index (χ0v) is 11.7. The number of hydrogen-bond acceptors (Lipinski definition) is 2. The molecule has 2 rings (SSSR count). The summed E-state index contributed by atoms with van der Waals surface area (Å²) in [4.78, 5) is 12.1. The molecule has 2 atom stereocenters. The van der Waals surface area contributed by atoms with Crippen molar-refractivity contribution < 1.29 is 4.79 Å². The Morgan fingerprint density at radius 1 is 1.17 bits per heavy atom. The lowest BCUT2D eigenvalue weighted by atomic mass is 9.70. The van der Waals surface area contributed by atoms with Crippen LogP contribution in [0.15, 0.2) is 0 Å². The molecule has 3 heteroatoms. The Morgan fingerprint density at radius 3 is 2.44 bits per heavy atom. The second kappa shape index (κ2) is 6.05. The Hall–Kier alpha value is -0.570. The quantitative estimate of drug-likeness (QED) is 0.808. The molecule has 0 aromatic carbocycles. The zero-order valence-electron chi connectivity index (χ0n) is 11.7. The summed E-state index contributed by atoms with van der Waals surface area (Å²) in [5.74, 6) is 0.324. The molecule has 104 valence electrons. The Bertz CT molecular complexity index is 286. The molecular formula is C15H28N2O. The molecule has 0 heterocycles. The van der Waals surface area contributed by atoms with E-state index in [0.717, 1.165) is 25.7 Å². The van der Waals surface area contributed by atoms with Gasteiger partial charge < -0.3 is 11.1 Å². The van der Waals surface area contributed by atoms with Crippen LogP contribution in [0.4, 0.5) is 0 Å². The third kappa shape index (κ3) is 2.71. The van der Waals surface area contributed by atoms with Crippen molar-refractivity contribution in [2.24, 2.45) is 11.7 Å². The number of nitrogens with one attached hydrogen (secondary N) is 1. The standard InChI is InChI=1S/C15H28N2O/c1-2-12-8-6-7-11-15(12,14(16)18)17-13-9-4-3-5-10-13/h12-13,17H,2-11H2,1H3,(H2,16,18). The van der Waals surface area contributed by atoms with Crippen LogP contribution >= 0.6 is 0 Å². The Morgan fingerprint density at radius 2 is 1.83 bits per heavy atom. The van der Waals surface area contributed by atoms with Gasteiger partial charge in [-0.05, 0) is 31.6 Å². The molecule has 0 radical (unpaired) electrons. The number of amides is 1. The first-order valence-corrected chi connectivity index (χ1v) is 7.76. The normalized spacial score (nSPS) is 34.4. The molecule has 1 amide bonds. The second-order valence-corrected chi connectivity index (χ2v) is 6.17. The SMILES string of the molecule is CCC1CCCCC1(NC1CCCCC1)C(N)=O. The van der Waals surface area contributed by atoms with Crippen LogP contribution in [-0.4, -0.2) is 17.5 Å². The van der Waals surface area contributed by atoms with Crippen molar-refractivity contribution in [2.75, 3.05) is 0 Å². The van der Waals surface area contributed by atoms with Gasteiger partial charge in [0.25, 0.3) is 0 Å². The molecule has 2 aliphatic rings. The predicted molar refractivity (Wildman–Crippen MR) is 74.2 cm³/mol. The van der Waals surface area contributed by atoms with Gasteiger partial charge in [-0.1, -0.05) is 45.4 Å². The van der Waals surface area contributed by atoms with E-state index in [0.29, 0.717) is 12.0 Å². The average Bonchev–Trinajstić information content (AvgIpc) is 2.40. The van der Waals surface area contributed by atoms with Gasteiger partial charge in [-0.25, -0.2) is 0 Å². The lowest BCUT2D eigenvalue weighted by molar-refractivity contribution is -0.129. The first kappa shape index (κ1) is 13.9. The summed E-state index contributed by atoms with van der Waals surface area (Å²) in [5, 5.41) is 3.70. The fourth-order valence-corrected chi connectivity index (χ4v) is 3.99. The summed E-state index contributed by atoms with van der Waals surface area (Å²) >= 11 is 0. The molecule has 2 unspecified atom stereocenters. The summed E-state index contributed by atoms with van der Waals surface area (Å²) in [5.41, 5.74) is 5.38. The van der Waals surface area contributed by atoms with E-state index in [9.17, 15) is 4.79 Å². The van der Waals surface area contributed by atoms with E-state index in [4.69, 9.17) is 5.73 Å². The van der Waals surface area contributed by atoms with E-state index in [1.807, 2.05) is 0 Å². The maximum atomic E-state index is 12.1. The van der Waals surface area contributed by atoms with Crippen LogP contribution in [0.2, 0.25) is 0 Å². The van der Waals surface area contributed by atoms with Crippen LogP contribution in [0.25, 0.3) is 0 Å². The molecule has 0 aromatic heterocycles. The fraction of sp³-hybridized carbons (Fsp3) is 0.933. The molecule has 2 fully saturated rings. The van der Waals surface area contributed by atoms with Crippen molar-refractivity contribution in [2.45, 2.75) is 82.7 Å². The number of carbonyl (C=O) groups excluding carboxylic acids is 1. The predicted octanol–water partition coefficient (Wildman–Crippen LogP) is 2.73. The maximum Gasteiger partial charge on any atom is 0.238 e. The molecular weight excluding hydrogens is 224 g/mol.